The molecule has 2 aromatic heterocycles. The van der Waals surface area contributed by atoms with Crippen molar-refractivity contribution in [3.63, 3.8) is 0 Å². The normalized spacial score (nSPS) is 10.3. The number of nitrogens with zero attached hydrogens (tertiary/aromatic N) is 3. The maximum absolute atomic E-state index is 12.4. The van der Waals surface area contributed by atoms with E-state index in [-0.39, 0.29) is 18.2 Å². The van der Waals surface area contributed by atoms with E-state index in [1.807, 2.05) is 6.07 Å². The lowest BCUT2D eigenvalue weighted by molar-refractivity contribution is 0.0519. The minimum absolute atomic E-state index is 0.206. The number of rotatable bonds is 5. The zero-order valence-corrected chi connectivity index (χ0v) is 13.5. The second-order valence-electron chi connectivity index (χ2n) is 5.07. The molecule has 7 heteroatoms. The van der Waals surface area contributed by atoms with Crippen LogP contribution in [0.25, 0.3) is 5.69 Å². The zero-order chi connectivity index (χ0) is 17.6. The maximum atomic E-state index is 12.4. The number of anilines is 1. The predicted octanol–water partition coefficient (Wildman–Crippen LogP) is 2.70. The topological polar surface area (TPSA) is 86.1 Å². The molecule has 0 aliphatic heterocycles. The van der Waals surface area contributed by atoms with Crippen molar-refractivity contribution in [1.82, 2.24) is 14.8 Å². The highest BCUT2D eigenvalue weighted by Crippen LogP contribution is 2.20. The number of hydrogen-bond donors (Lipinski definition) is 1. The lowest BCUT2D eigenvalue weighted by Gasteiger charge is -2.11. The molecule has 0 bridgehead atoms. The Hall–Kier alpha value is -3.48. The highest BCUT2D eigenvalue weighted by atomic mass is 16.5. The van der Waals surface area contributed by atoms with E-state index in [1.54, 1.807) is 61.9 Å². The van der Waals surface area contributed by atoms with Gasteiger partial charge in [0, 0.05) is 24.2 Å². The molecule has 0 fully saturated rings. The Labute approximate surface area is 144 Å². The molecular formula is C18H16N4O3. The van der Waals surface area contributed by atoms with E-state index < -0.39 is 5.97 Å². The van der Waals surface area contributed by atoms with Crippen molar-refractivity contribution >= 4 is 17.6 Å². The van der Waals surface area contributed by atoms with E-state index in [9.17, 15) is 9.59 Å². The highest BCUT2D eigenvalue weighted by molar-refractivity contribution is 6.05. The molecule has 0 saturated heterocycles. The number of pyridine rings is 1. The molecule has 0 atom stereocenters. The van der Waals surface area contributed by atoms with Crippen molar-refractivity contribution in [2.45, 2.75) is 6.92 Å². The third-order valence-electron chi connectivity index (χ3n) is 3.42. The van der Waals surface area contributed by atoms with E-state index in [2.05, 4.69) is 15.4 Å². The summed E-state index contributed by atoms with van der Waals surface area (Å²) < 4.78 is 6.46. The smallest absolute Gasteiger partial charge is 0.358 e. The molecule has 1 amide bonds. The third kappa shape index (κ3) is 3.72. The number of carbonyl (C=O) groups is 2. The van der Waals surface area contributed by atoms with Crippen LogP contribution in [0.3, 0.4) is 0 Å². The van der Waals surface area contributed by atoms with Crippen molar-refractivity contribution < 1.29 is 14.3 Å². The van der Waals surface area contributed by atoms with Crippen molar-refractivity contribution in [1.29, 1.82) is 0 Å². The van der Waals surface area contributed by atoms with Gasteiger partial charge in [-0.3, -0.25) is 9.78 Å². The average molecular weight is 336 g/mol. The van der Waals surface area contributed by atoms with E-state index in [0.717, 1.165) is 0 Å². The second-order valence-corrected chi connectivity index (χ2v) is 5.07. The van der Waals surface area contributed by atoms with Crippen LogP contribution in [-0.4, -0.2) is 33.2 Å². The number of hydrogen-bond acceptors (Lipinski definition) is 5. The minimum atomic E-state index is -0.487. The summed E-state index contributed by atoms with van der Waals surface area (Å²) in [6.07, 6.45) is 4.75. The van der Waals surface area contributed by atoms with Crippen LogP contribution in [0.2, 0.25) is 0 Å². The molecule has 7 nitrogen and oxygen atoms in total. The molecule has 0 unspecified atom stereocenters. The van der Waals surface area contributed by atoms with Gasteiger partial charge in [-0.15, -0.1) is 0 Å². The van der Waals surface area contributed by atoms with Crippen LogP contribution < -0.4 is 5.32 Å². The van der Waals surface area contributed by atoms with E-state index >= 15 is 0 Å². The van der Waals surface area contributed by atoms with Crippen LogP contribution >= 0.6 is 0 Å². The Morgan fingerprint density at radius 3 is 2.64 bits per heavy atom. The van der Waals surface area contributed by atoms with Gasteiger partial charge in [0.15, 0.2) is 5.69 Å². The second kappa shape index (κ2) is 7.39. The molecule has 0 radical (unpaired) electrons. The molecule has 1 N–H and O–H groups in total. The molecule has 25 heavy (non-hydrogen) atoms. The van der Waals surface area contributed by atoms with Gasteiger partial charge in [-0.2, -0.15) is 5.10 Å². The number of benzene rings is 1. The lowest BCUT2D eigenvalue weighted by atomic mass is 10.2. The van der Waals surface area contributed by atoms with Crippen LogP contribution in [0.4, 0.5) is 5.69 Å². The SMILES string of the molecule is CCOC(=O)c1ccn(-c2ccccc2NC(=O)c2ccncc2)n1. The number of aromatic nitrogens is 3. The van der Waals surface area contributed by atoms with Gasteiger partial charge < -0.3 is 10.1 Å². The van der Waals surface area contributed by atoms with Crippen LogP contribution in [0.1, 0.15) is 27.8 Å². The molecular weight excluding hydrogens is 320 g/mol. The molecule has 0 aliphatic carbocycles. The zero-order valence-electron chi connectivity index (χ0n) is 13.5. The van der Waals surface area contributed by atoms with Crippen molar-refractivity contribution in [2.24, 2.45) is 0 Å². The predicted molar refractivity (Wildman–Crippen MR) is 91.7 cm³/mol. The maximum Gasteiger partial charge on any atom is 0.358 e. The van der Waals surface area contributed by atoms with Gasteiger partial charge in [0.05, 0.1) is 18.0 Å². The van der Waals surface area contributed by atoms with E-state index in [0.29, 0.717) is 16.9 Å². The van der Waals surface area contributed by atoms with Gasteiger partial charge in [0.2, 0.25) is 0 Å². The first-order valence-corrected chi connectivity index (χ1v) is 7.72. The van der Waals surface area contributed by atoms with Crippen LogP contribution in [-0.2, 0) is 4.74 Å². The number of nitrogens with one attached hydrogen (secondary N) is 1. The fourth-order valence-electron chi connectivity index (χ4n) is 2.25. The number of esters is 1. The number of amides is 1. The summed E-state index contributed by atoms with van der Waals surface area (Å²) >= 11 is 0. The fourth-order valence-corrected chi connectivity index (χ4v) is 2.25. The molecule has 3 rings (SSSR count). The van der Waals surface area contributed by atoms with Crippen LogP contribution in [0.5, 0.6) is 0 Å². The Balaban J connectivity index is 1.86. The van der Waals surface area contributed by atoms with E-state index in [1.165, 1.54) is 4.68 Å². The molecule has 0 spiro atoms. The standard InChI is InChI=1S/C18H16N4O3/c1-2-25-18(24)15-9-12-22(21-15)16-6-4-3-5-14(16)20-17(23)13-7-10-19-11-8-13/h3-12H,2H2,1H3,(H,20,23). The first kappa shape index (κ1) is 16.4. The first-order valence-electron chi connectivity index (χ1n) is 7.72. The van der Waals surface area contributed by atoms with Gasteiger partial charge in [0.25, 0.3) is 5.91 Å². The van der Waals surface area contributed by atoms with Crippen molar-refractivity contribution in [3.8, 4) is 5.69 Å². The van der Waals surface area contributed by atoms with Crippen LogP contribution in [0, 0.1) is 0 Å². The summed E-state index contributed by atoms with van der Waals surface area (Å²) in [7, 11) is 0. The number of ether oxygens (including phenoxy) is 1. The average Bonchev–Trinajstić information content (AvgIpc) is 3.13. The van der Waals surface area contributed by atoms with Gasteiger partial charge in [-0.05, 0) is 37.3 Å². The molecule has 0 aliphatic rings. The monoisotopic (exact) mass is 336 g/mol. The van der Waals surface area contributed by atoms with Gasteiger partial charge in [-0.25, -0.2) is 9.48 Å². The minimum Gasteiger partial charge on any atom is -0.461 e. The van der Waals surface area contributed by atoms with Gasteiger partial charge in [0.1, 0.15) is 0 Å². The summed E-state index contributed by atoms with van der Waals surface area (Å²) in [5.74, 6) is -0.743. The Morgan fingerprint density at radius 2 is 1.88 bits per heavy atom. The summed E-state index contributed by atoms with van der Waals surface area (Å²) in [6.45, 7) is 2.02. The quantitative estimate of drug-likeness (QED) is 0.724. The van der Waals surface area contributed by atoms with Crippen molar-refractivity contribution in [2.75, 3.05) is 11.9 Å². The largest absolute Gasteiger partial charge is 0.461 e. The number of carbonyl (C=O) groups excluding carboxylic acids is 2. The molecule has 126 valence electrons. The number of para-hydroxylation sites is 2. The Kier molecular flexibility index (Phi) is 4.84. The summed E-state index contributed by atoms with van der Waals surface area (Å²) in [4.78, 5) is 28.0. The van der Waals surface area contributed by atoms with Crippen molar-refractivity contribution in [3.05, 3.63) is 72.3 Å². The first-order chi connectivity index (χ1) is 12.2. The van der Waals surface area contributed by atoms with Crippen LogP contribution in [0.15, 0.2) is 61.1 Å². The summed E-state index contributed by atoms with van der Waals surface area (Å²) in [5, 5.41) is 7.07. The Morgan fingerprint density at radius 1 is 1.12 bits per heavy atom. The molecule has 0 saturated carbocycles. The molecule has 3 aromatic rings. The van der Waals surface area contributed by atoms with Gasteiger partial charge in [-0.1, -0.05) is 12.1 Å². The summed E-state index contributed by atoms with van der Waals surface area (Å²) in [5.41, 5.74) is 1.91. The molecule has 2 heterocycles. The molecule has 1 aromatic carbocycles. The van der Waals surface area contributed by atoms with E-state index in [4.69, 9.17) is 4.74 Å². The lowest BCUT2D eigenvalue weighted by Crippen LogP contribution is -2.14. The highest BCUT2D eigenvalue weighted by Gasteiger charge is 2.14. The third-order valence-corrected chi connectivity index (χ3v) is 3.42. The summed E-state index contributed by atoms with van der Waals surface area (Å²) in [6, 6.07) is 12.0. The van der Waals surface area contributed by atoms with Gasteiger partial charge >= 0.3 is 5.97 Å². The Bertz CT molecular complexity index is 890. The fraction of sp³-hybridized carbons (Fsp3) is 0.111.